The lowest BCUT2D eigenvalue weighted by molar-refractivity contribution is -0.115. The summed E-state index contributed by atoms with van der Waals surface area (Å²) in [5, 5.41) is 2.66. The molecule has 1 heterocycles. The van der Waals surface area contributed by atoms with Gasteiger partial charge in [0.05, 0.1) is 24.8 Å². The fraction of sp³-hybridized carbons (Fsp3) is 0.190. The minimum absolute atomic E-state index is 0.0864. The first kappa shape index (κ1) is 18.1. The Morgan fingerprint density at radius 1 is 1.15 bits per heavy atom. The maximum atomic E-state index is 13.0. The Labute approximate surface area is 157 Å². The van der Waals surface area contributed by atoms with Gasteiger partial charge in [0.1, 0.15) is 16.8 Å². The number of ether oxygens (including phenoxy) is 1. The lowest BCUT2D eigenvalue weighted by Gasteiger charge is -2.18. The number of hydrogen-bond donors (Lipinski definition) is 1. The van der Waals surface area contributed by atoms with Crippen LogP contribution in [0.4, 0.5) is 5.69 Å². The molecular formula is C21H21NO3S. The van der Waals surface area contributed by atoms with Crippen LogP contribution in [0.1, 0.15) is 22.1 Å². The molecule has 4 nitrogen and oxygen atoms in total. The van der Waals surface area contributed by atoms with Crippen molar-refractivity contribution in [3.63, 3.8) is 0 Å². The van der Waals surface area contributed by atoms with Crippen LogP contribution in [0.5, 0.6) is 5.75 Å². The van der Waals surface area contributed by atoms with E-state index in [1.54, 1.807) is 13.4 Å². The van der Waals surface area contributed by atoms with E-state index in [9.17, 15) is 4.79 Å². The third kappa shape index (κ3) is 4.49. The summed E-state index contributed by atoms with van der Waals surface area (Å²) in [6, 6.07) is 19.2. The van der Waals surface area contributed by atoms with Gasteiger partial charge in [-0.25, -0.2) is 0 Å². The van der Waals surface area contributed by atoms with Crippen LogP contribution < -0.4 is 10.1 Å². The van der Waals surface area contributed by atoms with Crippen molar-refractivity contribution in [1.82, 2.24) is 0 Å². The van der Waals surface area contributed by atoms with Crippen LogP contribution >= 0.6 is 11.8 Å². The summed E-state index contributed by atoms with van der Waals surface area (Å²) < 4.78 is 10.8. The lowest BCUT2D eigenvalue weighted by atomic mass is 10.1. The van der Waals surface area contributed by atoms with Gasteiger partial charge in [0, 0.05) is 0 Å². The topological polar surface area (TPSA) is 51.5 Å². The second kappa shape index (κ2) is 8.63. The highest BCUT2D eigenvalue weighted by atomic mass is 32.2. The van der Waals surface area contributed by atoms with Crippen molar-refractivity contribution in [2.45, 2.75) is 17.9 Å². The molecule has 3 aromatic rings. The van der Waals surface area contributed by atoms with Crippen LogP contribution in [0.15, 0.2) is 71.3 Å². The minimum atomic E-state index is -0.355. The number of nitrogens with one attached hydrogen (secondary N) is 1. The maximum absolute atomic E-state index is 13.0. The van der Waals surface area contributed by atoms with Crippen LogP contribution in [0.3, 0.4) is 0 Å². The fourth-order valence-electron chi connectivity index (χ4n) is 2.63. The Kier molecular flexibility index (Phi) is 6.02. The number of hydrogen-bond acceptors (Lipinski definition) is 4. The summed E-state index contributed by atoms with van der Waals surface area (Å²) in [7, 11) is 1.60. The van der Waals surface area contributed by atoms with Crippen LogP contribution in [-0.4, -0.2) is 13.0 Å². The monoisotopic (exact) mass is 367 g/mol. The van der Waals surface area contributed by atoms with Gasteiger partial charge in [-0.3, -0.25) is 4.79 Å². The summed E-state index contributed by atoms with van der Waals surface area (Å²) in [5.74, 6) is 2.02. The summed E-state index contributed by atoms with van der Waals surface area (Å²) in [6.45, 7) is 1.98. The molecule has 2 aromatic carbocycles. The molecule has 5 heteroatoms. The molecule has 0 radical (unpaired) electrons. The molecule has 134 valence electrons. The molecular weight excluding hydrogens is 346 g/mol. The summed E-state index contributed by atoms with van der Waals surface area (Å²) >= 11 is 1.53. The van der Waals surface area contributed by atoms with Crippen LogP contribution in [0, 0.1) is 6.92 Å². The number of methoxy groups -OCH3 is 1. The highest BCUT2D eigenvalue weighted by Crippen LogP contribution is 2.34. The number of furan rings is 1. The van der Waals surface area contributed by atoms with Crippen LogP contribution in [-0.2, 0) is 10.5 Å². The predicted octanol–water partition coefficient (Wildman–Crippen LogP) is 5.21. The first-order valence-electron chi connectivity index (χ1n) is 8.32. The van der Waals surface area contributed by atoms with Gasteiger partial charge in [0.15, 0.2) is 0 Å². The fourth-order valence-corrected chi connectivity index (χ4v) is 3.68. The molecule has 0 aliphatic carbocycles. The van der Waals surface area contributed by atoms with E-state index in [-0.39, 0.29) is 11.2 Å². The van der Waals surface area contributed by atoms with Crippen LogP contribution in [0.25, 0.3) is 0 Å². The lowest BCUT2D eigenvalue weighted by Crippen LogP contribution is -2.19. The van der Waals surface area contributed by atoms with E-state index in [2.05, 4.69) is 5.32 Å². The predicted molar refractivity (Wildman–Crippen MR) is 106 cm³/mol. The molecule has 1 N–H and O–H groups in total. The molecule has 26 heavy (non-hydrogen) atoms. The van der Waals surface area contributed by atoms with E-state index < -0.39 is 0 Å². The highest BCUT2D eigenvalue weighted by molar-refractivity contribution is 7.99. The molecule has 0 aliphatic rings. The second-order valence-electron chi connectivity index (χ2n) is 5.87. The Bertz CT molecular complexity index is 847. The first-order chi connectivity index (χ1) is 12.7. The zero-order valence-corrected chi connectivity index (χ0v) is 15.6. The van der Waals surface area contributed by atoms with Crippen molar-refractivity contribution in [1.29, 1.82) is 0 Å². The van der Waals surface area contributed by atoms with E-state index in [0.29, 0.717) is 17.2 Å². The van der Waals surface area contributed by atoms with Gasteiger partial charge in [-0.2, -0.15) is 0 Å². The summed E-state index contributed by atoms with van der Waals surface area (Å²) in [6.07, 6.45) is 1.64. The Balaban J connectivity index is 1.81. The number of rotatable bonds is 7. The number of carbonyl (C=O) groups is 1. The molecule has 0 aliphatic heterocycles. The number of aryl methyl sites for hydroxylation is 1. The smallest absolute Gasteiger partial charge is 0.242 e. The molecule has 1 amide bonds. The molecule has 0 saturated carbocycles. The van der Waals surface area contributed by atoms with Crippen molar-refractivity contribution >= 4 is 23.4 Å². The van der Waals surface area contributed by atoms with Crippen LogP contribution in [0.2, 0.25) is 0 Å². The number of carbonyl (C=O) groups excluding carboxylic acids is 1. The van der Waals surface area contributed by atoms with E-state index >= 15 is 0 Å². The largest absolute Gasteiger partial charge is 0.495 e. The van der Waals surface area contributed by atoms with Gasteiger partial charge in [0.2, 0.25) is 5.91 Å². The zero-order chi connectivity index (χ0) is 18.4. The van der Waals surface area contributed by atoms with Crippen molar-refractivity contribution in [2.75, 3.05) is 12.4 Å². The standard InChI is InChI=1S/C21H21NO3S/c1-15-10-11-19(24-2)18(13-15)22-21(23)20(16-7-4-3-5-8-16)26-14-17-9-6-12-25-17/h3-13,20H,14H2,1-2H3,(H,22,23)/t20-/m1/s1. The zero-order valence-electron chi connectivity index (χ0n) is 14.8. The minimum Gasteiger partial charge on any atom is -0.495 e. The number of amides is 1. The van der Waals surface area contributed by atoms with Gasteiger partial charge in [0.25, 0.3) is 0 Å². The normalized spacial score (nSPS) is 11.8. The average Bonchev–Trinajstić information content (AvgIpc) is 3.16. The quantitative estimate of drug-likeness (QED) is 0.623. The SMILES string of the molecule is COc1ccc(C)cc1NC(=O)[C@H](SCc1ccco1)c1ccccc1. The third-order valence-electron chi connectivity index (χ3n) is 3.93. The molecule has 3 rings (SSSR count). The van der Waals surface area contributed by atoms with Crippen molar-refractivity contribution in [3.05, 3.63) is 83.8 Å². The van der Waals surface area contributed by atoms with Crippen molar-refractivity contribution in [3.8, 4) is 5.75 Å². The highest BCUT2D eigenvalue weighted by Gasteiger charge is 2.22. The number of thioether (sulfide) groups is 1. The van der Waals surface area contributed by atoms with Gasteiger partial charge in [-0.1, -0.05) is 36.4 Å². The third-order valence-corrected chi connectivity index (χ3v) is 5.20. The van der Waals surface area contributed by atoms with Gasteiger partial charge < -0.3 is 14.5 Å². The molecule has 0 fully saturated rings. The molecule has 0 saturated heterocycles. The summed E-state index contributed by atoms with van der Waals surface area (Å²) in [4.78, 5) is 13.0. The molecule has 1 aromatic heterocycles. The molecule has 1 atom stereocenters. The molecule has 0 spiro atoms. The second-order valence-corrected chi connectivity index (χ2v) is 6.97. The van der Waals surface area contributed by atoms with Crippen molar-refractivity contribution < 1.29 is 13.9 Å². The van der Waals surface area contributed by atoms with E-state index in [4.69, 9.17) is 9.15 Å². The Morgan fingerprint density at radius 3 is 2.65 bits per heavy atom. The number of anilines is 1. The first-order valence-corrected chi connectivity index (χ1v) is 9.36. The van der Waals surface area contributed by atoms with E-state index in [1.807, 2.05) is 67.6 Å². The molecule has 0 bridgehead atoms. The van der Waals surface area contributed by atoms with E-state index in [1.165, 1.54) is 11.8 Å². The van der Waals surface area contributed by atoms with Crippen molar-refractivity contribution in [2.24, 2.45) is 0 Å². The summed E-state index contributed by atoms with van der Waals surface area (Å²) in [5.41, 5.74) is 2.69. The molecule has 0 unspecified atom stereocenters. The average molecular weight is 367 g/mol. The van der Waals surface area contributed by atoms with E-state index in [0.717, 1.165) is 16.9 Å². The number of benzene rings is 2. The van der Waals surface area contributed by atoms with Gasteiger partial charge in [-0.05, 0) is 42.3 Å². The van der Waals surface area contributed by atoms with Gasteiger partial charge >= 0.3 is 0 Å². The Morgan fingerprint density at radius 2 is 1.96 bits per heavy atom. The van der Waals surface area contributed by atoms with Gasteiger partial charge in [-0.15, -0.1) is 11.8 Å². The Hall–Kier alpha value is -2.66. The maximum Gasteiger partial charge on any atom is 0.242 e.